The van der Waals surface area contributed by atoms with Crippen LogP contribution in [0, 0.1) is 0 Å². The molecule has 0 atom stereocenters. The average molecular weight is 222 g/mol. The maximum absolute atomic E-state index is 11.5. The molecule has 0 spiro atoms. The zero-order valence-electron chi connectivity index (χ0n) is 9.73. The molecule has 0 radical (unpaired) electrons. The maximum Gasteiger partial charge on any atom is 0.224 e. The van der Waals surface area contributed by atoms with Crippen LogP contribution in [0.5, 0.6) is 5.75 Å². The number of likely N-dealkylation sites (N-methyl/N-ethyl adjacent to an activating group) is 1. The van der Waals surface area contributed by atoms with Crippen molar-refractivity contribution in [1.82, 2.24) is 10.2 Å². The van der Waals surface area contributed by atoms with Gasteiger partial charge in [0.1, 0.15) is 5.75 Å². The fourth-order valence-corrected chi connectivity index (χ4v) is 1.31. The molecular formula is C12H18N2O2. The van der Waals surface area contributed by atoms with Crippen molar-refractivity contribution in [3.05, 3.63) is 29.8 Å². The monoisotopic (exact) mass is 222 g/mol. The summed E-state index contributed by atoms with van der Waals surface area (Å²) in [6, 6.07) is 6.88. The molecule has 0 aliphatic rings. The maximum atomic E-state index is 11.5. The smallest absolute Gasteiger partial charge is 0.224 e. The molecule has 0 aromatic heterocycles. The molecule has 4 heteroatoms. The number of aromatic hydroxyl groups is 1. The Bertz CT molecular complexity index is 351. The molecule has 1 rings (SSSR count). The van der Waals surface area contributed by atoms with Crippen molar-refractivity contribution < 1.29 is 9.90 Å². The summed E-state index contributed by atoms with van der Waals surface area (Å²) in [4.78, 5) is 13.5. The summed E-state index contributed by atoms with van der Waals surface area (Å²) < 4.78 is 0. The summed E-state index contributed by atoms with van der Waals surface area (Å²) in [6.45, 7) is 1.44. The number of nitrogens with one attached hydrogen (secondary N) is 1. The summed E-state index contributed by atoms with van der Waals surface area (Å²) in [5.74, 6) is 0.105. The number of nitrogens with zero attached hydrogens (tertiary/aromatic N) is 1. The zero-order chi connectivity index (χ0) is 12.0. The number of phenolic OH excluding ortho intramolecular Hbond substituents is 1. The Balaban J connectivity index is 2.37. The molecule has 88 valence electrons. The van der Waals surface area contributed by atoms with E-state index in [4.69, 9.17) is 0 Å². The van der Waals surface area contributed by atoms with Crippen LogP contribution >= 0.6 is 0 Å². The van der Waals surface area contributed by atoms with E-state index in [0.29, 0.717) is 12.1 Å². The quantitative estimate of drug-likeness (QED) is 0.767. The second-order valence-electron chi connectivity index (χ2n) is 3.96. The first-order valence-electron chi connectivity index (χ1n) is 5.28. The zero-order valence-corrected chi connectivity index (χ0v) is 9.73. The normalized spacial score (nSPS) is 10.4. The topological polar surface area (TPSA) is 52.6 Å². The van der Waals surface area contributed by atoms with Crippen LogP contribution in [0.2, 0.25) is 0 Å². The van der Waals surface area contributed by atoms with E-state index in [2.05, 4.69) is 5.32 Å². The van der Waals surface area contributed by atoms with Gasteiger partial charge in [0.25, 0.3) is 0 Å². The van der Waals surface area contributed by atoms with Crippen LogP contribution in [0.3, 0.4) is 0 Å². The van der Waals surface area contributed by atoms with E-state index < -0.39 is 0 Å². The lowest BCUT2D eigenvalue weighted by molar-refractivity contribution is -0.120. The van der Waals surface area contributed by atoms with E-state index in [-0.39, 0.29) is 18.1 Å². The highest BCUT2D eigenvalue weighted by molar-refractivity contribution is 5.79. The van der Waals surface area contributed by atoms with Crippen LogP contribution in [-0.2, 0) is 11.2 Å². The fourth-order valence-electron chi connectivity index (χ4n) is 1.31. The number of phenols is 1. The number of rotatable bonds is 5. The highest BCUT2D eigenvalue weighted by atomic mass is 16.3. The van der Waals surface area contributed by atoms with Gasteiger partial charge in [-0.25, -0.2) is 0 Å². The first-order valence-corrected chi connectivity index (χ1v) is 5.28. The molecule has 0 unspecified atom stereocenters. The van der Waals surface area contributed by atoms with Crippen LogP contribution < -0.4 is 5.32 Å². The largest absolute Gasteiger partial charge is 0.508 e. The molecule has 1 aromatic rings. The molecular weight excluding hydrogens is 204 g/mol. The third-order valence-electron chi connectivity index (χ3n) is 2.22. The Morgan fingerprint density at radius 1 is 1.38 bits per heavy atom. The molecule has 1 amide bonds. The SMILES string of the molecule is CN(C)CCNC(=O)Cc1ccccc1O. The predicted octanol–water partition coefficient (Wildman–Crippen LogP) is 0.612. The molecule has 4 nitrogen and oxygen atoms in total. The number of amides is 1. The van der Waals surface area contributed by atoms with E-state index in [1.807, 2.05) is 25.1 Å². The second-order valence-corrected chi connectivity index (χ2v) is 3.96. The molecule has 0 heterocycles. The third-order valence-corrected chi connectivity index (χ3v) is 2.22. The molecule has 0 bridgehead atoms. The molecule has 0 aliphatic heterocycles. The number of para-hydroxylation sites is 1. The number of carbonyl (C=O) groups excluding carboxylic acids is 1. The summed E-state index contributed by atoms with van der Waals surface area (Å²) in [5.41, 5.74) is 0.657. The van der Waals surface area contributed by atoms with Gasteiger partial charge in [-0.3, -0.25) is 4.79 Å². The van der Waals surface area contributed by atoms with Gasteiger partial charge in [0.15, 0.2) is 0 Å². The molecule has 0 fully saturated rings. The minimum absolute atomic E-state index is 0.0663. The number of hydrogen-bond acceptors (Lipinski definition) is 3. The Morgan fingerprint density at radius 3 is 2.69 bits per heavy atom. The van der Waals surface area contributed by atoms with Gasteiger partial charge in [0.05, 0.1) is 6.42 Å². The second kappa shape index (κ2) is 6.12. The molecule has 1 aromatic carbocycles. The van der Waals surface area contributed by atoms with Gasteiger partial charge in [-0.2, -0.15) is 0 Å². The van der Waals surface area contributed by atoms with Crippen LogP contribution in [0.25, 0.3) is 0 Å². The van der Waals surface area contributed by atoms with E-state index in [9.17, 15) is 9.90 Å². The summed E-state index contributed by atoms with van der Waals surface area (Å²) in [6.07, 6.45) is 0.222. The number of carbonyl (C=O) groups is 1. The summed E-state index contributed by atoms with van der Waals surface area (Å²) in [5, 5.41) is 12.3. The Hall–Kier alpha value is -1.55. The summed E-state index contributed by atoms with van der Waals surface area (Å²) in [7, 11) is 3.91. The van der Waals surface area contributed by atoms with Gasteiger partial charge >= 0.3 is 0 Å². The number of hydrogen-bond donors (Lipinski definition) is 2. The van der Waals surface area contributed by atoms with E-state index in [1.54, 1.807) is 18.2 Å². The van der Waals surface area contributed by atoms with Gasteiger partial charge in [-0.1, -0.05) is 18.2 Å². The lowest BCUT2D eigenvalue weighted by Crippen LogP contribution is -2.32. The Morgan fingerprint density at radius 2 is 2.06 bits per heavy atom. The van der Waals surface area contributed by atoms with E-state index in [0.717, 1.165) is 6.54 Å². The van der Waals surface area contributed by atoms with Gasteiger partial charge < -0.3 is 15.3 Å². The van der Waals surface area contributed by atoms with E-state index >= 15 is 0 Å². The number of benzene rings is 1. The van der Waals surface area contributed by atoms with Crippen molar-refractivity contribution in [3.8, 4) is 5.75 Å². The third kappa shape index (κ3) is 4.31. The first-order chi connectivity index (χ1) is 7.59. The lowest BCUT2D eigenvalue weighted by Gasteiger charge is -2.10. The minimum atomic E-state index is -0.0663. The molecule has 0 saturated carbocycles. The van der Waals surface area contributed by atoms with Crippen molar-refractivity contribution >= 4 is 5.91 Å². The standard InChI is InChI=1S/C12H18N2O2/c1-14(2)8-7-13-12(16)9-10-5-3-4-6-11(10)15/h3-6,15H,7-9H2,1-2H3,(H,13,16). The highest BCUT2D eigenvalue weighted by Crippen LogP contribution is 2.15. The van der Waals surface area contributed by atoms with Gasteiger partial charge in [-0.05, 0) is 20.2 Å². The van der Waals surface area contributed by atoms with Crippen LogP contribution in [0.4, 0.5) is 0 Å². The Kier molecular flexibility index (Phi) is 4.79. The van der Waals surface area contributed by atoms with Crippen molar-refractivity contribution in [2.45, 2.75) is 6.42 Å². The molecule has 16 heavy (non-hydrogen) atoms. The van der Waals surface area contributed by atoms with Gasteiger partial charge in [0, 0.05) is 18.7 Å². The average Bonchev–Trinajstić information content (AvgIpc) is 2.21. The van der Waals surface area contributed by atoms with Crippen LogP contribution in [0.1, 0.15) is 5.56 Å². The Labute approximate surface area is 95.9 Å². The molecule has 0 saturated heterocycles. The summed E-state index contributed by atoms with van der Waals surface area (Å²) >= 11 is 0. The fraction of sp³-hybridized carbons (Fsp3) is 0.417. The van der Waals surface area contributed by atoms with Crippen LogP contribution in [-0.4, -0.2) is 43.1 Å². The molecule has 2 N–H and O–H groups in total. The van der Waals surface area contributed by atoms with Crippen molar-refractivity contribution in [2.75, 3.05) is 27.2 Å². The van der Waals surface area contributed by atoms with Crippen molar-refractivity contribution in [2.24, 2.45) is 0 Å². The first kappa shape index (κ1) is 12.5. The van der Waals surface area contributed by atoms with E-state index in [1.165, 1.54) is 0 Å². The predicted molar refractivity (Wildman–Crippen MR) is 63.4 cm³/mol. The highest BCUT2D eigenvalue weighted by Gasteiger charge is 2.06. The van der Waals surface area contributed by atoms with Crippen LogP contribution in [0.15, 0.2) is 24.3 Å². The lowest BCUT2D eigenvalue weighted by atomic mass is 10.1. The molecule has 0 aliphatic carbocycles. The minimum Gasteiger partial charge on any atom is -0.508 e. The van der Waals surface area contributed by atoms with Crippen molar-refractivity contribution in [3.63, 3.8) is 0 Å². The van der Waals surface area contributed by atoms with Gasteiger partial charge in [-0.15, -0.1) is 0 Å². The van der Waals surface area contributed by atoms with Gasteiger partial charge in [0.2, 0.25) is 5.91 Å². The van der Waals surface area contributed by atoms with Crippen molar-refractivity contribution in [1.29, 1.82) is 0 Å².